The van der Waals surface area contributed by atoms with E-state index in [2.05, 4.69) is 40.7 Å². The summed E-state index contributed by atoms with van der Waals surface area (Å²) in [4.78, 5) is 11.9. The van der Waals surface area contributed by atoms with Crippen LogP contribution in [0.4, 0.5) is 0 Å². The predicted molar refractivity (Wildman–Crippen MR) is 133 cm³/mol. The Bertz CT molecular complexity index is 708. The Kier molecular flexibility index (Phi) is 7.19. The Morgan fingerprint density at radius 1 is 1.06 bits per heavy atom. The second-order valence-electron chi connectivity index (χ2n) is 13.0. The molecule has 0 aromatic heterocycles. The standard InChI is InChI=1S/C30H50O2/c1-7-28(31)32-23-15-17-29(5)22(19-23)11-12-24-26-14-13-25(21(4)10-8-9-20(2)3)30(26,6)18-16-27(24)29/h11,20-21,23-27H,7-10,12-19H2,1-6H3/t21-,23+,24-,25+,26-,27-,29+,30-/m1/s1. The van der Waals surface area contributed by atoms with Gasteiger partial charge in [-0.15, -0.1) is 0 Å². The lowest BCUT2D eigenvalue weighted by Gasteiger charge is -2.58. The fraction of sp³-hybridized carbons (Fsp3) is 0.900. The van der Waals surface area contributed by atoms with Crippen LogP contribution in [0.3, 0.4) is 0 Å². The highest BCUT2D eigenvalue weighted by Crippen LogP contribution is 2.67. The van der Waals surface area contributed by atoms with E-state index in [9.17, 15) is 4.79 Å². The second kappa shape index (κ2) is 9.46. The molecule has 2 nitrogen and oxygen atoms in total. The maximum Gasteiger partial charge on any atom is 0.305 e. The van der Waals surface area contributed by atoms with Gasteiger partial charge in [-0.05, 0) is 91.3 Å². The number of esters is 1. The maximum atomic E-state index is 11.9. The number of hydrogen-bond acceptors (Lipinski definition) is 2. The lowest BCUT2D eigenvalue weighted by molar-refractivity contribution is -0.151. The van der Waals surface area contributed by atoms with Crippen LogP contribution in [0.15, 0.2) is 11.6 Å². The van der Waals surface area contributed by atoms with Crippen LogP contribution >= 0.6 is 0 Å². The average Bonchev–Trinajstić information content (AvgIpc) is 3.11. The summed E-state index contributed by atoms with van der Waals surface area (Å²) in [6.45, 7) is 14.5. The molecule has 0 radical (unpaired) electrons. The normalized spacial score (nSPS) is 42.0. The van der Waals surface area contributed by atoms with Gasteiger partial charge < -0.3 is 4.74 Å². The molecule has 0 N–H and O–H groups in total. The van der Waals surface area contributed by atoms with Gasteiger partial charge >= 0.3 is 5.97 Å². The molecular weight excluding hydrogens is 392 g/mol. The Balaban J connectivity index is 1.45. The van der Waals surface area contributed by atoms with Crippen LogP contribution in [0.2, 0.25) is 0 Å². The van der Waals surface area contributed by atoms with Gasteiger partial charge in [0.15, 0.2) is 0 Å². The van der Waals surface area contributed by atoms with E-state index in [1.54, 1.807) is 5.57 Å². The highest BCUT2D eigenvalue weighted by Gasteiger charge is 2.59. The first kappa shape index (κ1) is 24.3. The van der Waals surface area contributed by atoms with Crippen molar-refractivity contribution in [2.75, 3.05) is 0 Å². The van der Waals surface area contributed by atoms with Crippen LogP contribution in [0.5, 0.6) is 0 Å². The topological polar surface area (TPSA) is 26.3 Å². The summed E-state index contributed by atoms with van der Waals surface area (Å²) in [7, 11) is 0. The van der Waals surface area contributed by atoms with Crippen molar-refractivity contribution in [1.82, 2.24) is 0 Å². The Hall–Kier alpha value is -0.790. The molecule has 0 aromatic carbocycles. The lowest BCUT2D eigenvalue weighted by atomic mass is 9.47. The summed E-state index contributed by atoms with van der Waals surface area (Å²) in [5, 5.41) is 0. The third-order valence-corrected chi connectivity index (χ3v) is 10.8. The van der Waals surface area contributed by atoms with Gasteiger partial charge in [-0.3, -0.25) is 4.79 Å². The first-order valence-corrected chi connectivity index (χ1v) is 14.1. The van der Waals surface area contributed by atoms with Gasteiger partial charge in [-0.1, -0.05) is 72.5 Å². The quantitative estimate of drug-likeness (QED) is 0.292. The molecule has 0 aromatic rings. The van der Waals surface area contributed by atoms with Gasteiger partial charge in [0.25, 0.3) is 0 Å². The van der Waals surface area contributed by atoms with E-state index < -0.39 is 0 Å². The highest BCUT2D eigenvalue weighted by atomic mass is 16.5. The smallest absolute Gasteiger partial charge is 0.305 e. The third kappa shape index (κ3) is 4.34. The molecule has 3 saturated carbocycles. The molecule has 0 unspecified atom stereocenters. The van der Waals surface area contributed by atoms with Crippen LogP contribution in [-0.2, 0) is 9.53 Å². The van der Waals surface area contributed by atoms with Crippen molar-refractivity contribution in [3.8, 4) is 0 Å². The van der Waals surface area contributed by atoms with E-state index in [0.717, 1.165) is 48.3 Å². The number of fused-ring (bicyclic) bond motifs is 5. The molecule has 4 rings (SSSR count). The number of hydrogen-bond donors (Lipinski definition) is 0. The van der Waals surface area contributed by atoms with Gasteiger partial charge in [0.05, 0.1) is 0 Å². The second-order valence-corrected chi connectivity index (χ2v) is 13.0. The molecule has 0 bridgehead atoms. The van der Waals surface area contributed by atoms with Gasteiger partial charge in [-0.2, -0.15) is 0 Å². The van der Waals surface area contributed by atoms with Crippen molar-refractivity contribution in [3.05, 3.63) is 11.6 Å². The summed E-state index contributed by atoms with van der Waals surface area (Å²) in [6.07, 6.45) is 17.8. The van der Waals surface area contributed by atoms with Gasteiger partial charge in [0, 0.05) is 12.8 Å². The molecule has 2 heteroatoms. The number of carbonyl (C=O) groups is 1. The van der Waals surface area contributed by atoms with Crippen molar-refractivity contribution in [2.45, 2.75) is 125 Å². The van der Waals surface area contributed by atoms with E-state index in [-0.39, 0.29) is 12.1 Å². The Morgan fingerprint density at radius 3 is 2.56 bits per heavy atom. The molecule has 3 fully saturated rings. The minimum atomic E-state index is -0.0270. The molecule has 4 aliphatic rings. The summed E-state index contributed by atoms with van der Waals surface area (Å²) < 4.78 is 5.76. The van der Waals surface area contributed by atoms with Crippen molar-refractivity contribution in [2.24, 2.45) is 46.3 Å². The minimum absolute atomic E-state index is 0.0270. The summed E-state index contributed by atoms with van der Waals surface area (Å²) >= 11 is 0. The number of allylic oxidation sites excluding steroid dienone is 1. The first-order valence-electron chi connectivity index (χ1n) is 14.1. The number of rotatable bonds is 7. The Morgan fingerprint density at radius 2 is 1.84 bits per heavy atom. The van der Waals surface area contributed by atoms with Crippen molar-refractivity contribution in [1.29, 1.82) is 0 Å². The molecule has 0 aliphatic heterocycles. The zero-order valence-electron chi connectivity index (χ0n) is 21.9. The lowest BCUT2D eigenvalue weighted by Crippen LogP contribution is -2.51. The van der Waals surface area contributed by atoms with E-state index in [0.29, 0.717) is 17.3 Å². The van der Waals surface area contributed by atoms with Crippen LogP contribution in [0.25, 0.3) is 0 Å². The average molecular weight is 443 g/mol. The van der Waals surface area contributed by atoms with E-state index in [1.165, 1.54) is 57.8 Å². The zero-order chi connectivity index (χ0) is 23.1. The van der Waals surface area contributed by atoms with E-state index >= 15 is 0 Å². The molecule has 8 atom stereocenters. The number of ether oxygens (including phenoxy) is 1. The molecule has 0 heterocycles. The Labute approximate surface area is 198 Å². The van der Waals surface area contributed by atoms with E-state index in [1.807, 2.05) is 6.92 Å². The highest BCUT2D eigenvalue weighted by molar-refractivity contribution is 5.69. The summed E-state index contributed by atoms with van der Waals surface area (Å²) in [5.74, 6) is 5.28. The van der Waals surface area contributed by atoms with Gasteiger partial charge in [0.1, 0.15) is 6.10 Å². The van der Waals surface area contributed by atoms with E-state index in [4.69, 9.17) is 4.74 Å². The zero-order valence-corrected chi connectivity index (χ0v) is 21.9. The van der Waals surface area contributed by atoms with Crippen LogP contribution < -0.4 is 0 Å². The predicted octanol–water partition coefficient (Wildman–Crippen LogP) is 8.35. The first-order chi connectivity index (χ1) is 15.2. The molecule has 4 aliphatic carbocycles. The van der Waals surface area contributed by atoms with Gasteiger partial charge in [-0.25, -0.2) is 0 Å². The maximum absolute atomic E-state index is 11.9. The van der Waals surface area contributed by atoms with Crippen LogP contribution in [-0.4, -0.2) is 12.1 Å². The largest absolute Gasteiger partial charge is 0.462 e. The summed E-state index contributed by atoms with van der Waals surface area (Å²) in [6, 6.07) is 0. The third-order valence-electron chi connectivity index (χ3n) is 10.8. The van der Waals surface area contributed by atoms with Crippen molar-refractivity contribution in [3.63, 3.8) is 0 Å². The molecular formula is C30H50O2. The molecule has 0 amide bonds. The molecule has 32 heavy (non-hydrogen) atoms. The summed E-state index contributed by atoms with van der Waals surface area (Å²) in [5.41, 5.74) is 2.54. The van der Waals surface area contributed by atoms with Crippen LogP contribution in [0.1, 0.15) is 119 Å². The van der Waals surface area contributed by atoms with Crippen molar-refractivity contribution < 1.29 is 9.53 Å². The SMILES string of the molecule is CCC(=O)O[C@H]1CC[C@@]2(C)C(=CC[C@@H]3[C@H]4CC[C@@H]([C@H](C)CCCC(C)C)[C@@]4(C)CC[C@H]32)C1. The molecule has 182 valence electrons. The fourth-order valence-electron chi connectivity index (χ4n) is 9.02. The van der Waals surface area contributed by atoms with Crippen molar-refractivity contribution >= 4 is 5.97 Å². The van der Waals surface area contributed by atoms with Crippen LogP contribution in [0, 0.1) is 46.3 Å². The molecule has 0 spiro atoms. The fourth-order valence-corrected chi connectivity index (χ4v) is 9.02. The minimum Gasteiger partial charge on any atom is -0.462 e. The number of carbonyl (C=O) groups excluding carboxylic acids is 1. The monoisotopic (exact) mass is 442 g/mol. The van der Waals surface area contributed by atoms with Gasteiger partial charge in [0.2, 0.25) is 0 Å². The molecule has 0 saturated heterocycles.